The van der Waals surface area contributed by atoms with Gasteiger partial charge in [-0.25, -0.2) is 0 Å². The van der Waals surface area contributed by atoms with Gasteiger partial charge in [0.15, 0.2) is 5.78 Å². The first kappa shape index (κ1) is 11.1. The summed E-state index contributed by atoms with van der Waals surface area (Å²) in [6.07, 6.45) is 6.03. The van der Waals surface area contributed by atoms with E-state index >= 15 is 0 Å². The topological polar surface area (TPSA) is 52.3 Å². The minimum absolute atomic E-state index is 0.189. The number of ketones is 1. The maximum Gasteiger partial charge on any atom is 0.152 e. The number of ether oxygens (including phenoxy) is 1. The fourth-order valence-corrected chi connectivity index (χ4v) is 3.31. The Bertz CT molecular complexity index is 242. The van der Waals surface area contributed by atoms with Gasteiger partial charge < -0.3 is 10.5 Å². The summed E-state index contributed by atoms with van der Waals surface area (Å²) in [5.74, 6) is 2.54. The molecule has 2 fully saturated rings. The molecule has 2 aliphatic carbocycles. The molecule has 2 N–H and O–H groups in total. The van der Waals surface area contributed by atoms with E-state index in [9.17, 15) is 4.79 Å². The molecule has 2 aliphatic rings. The van der Waals surface area contributed by atoms with Gasteiger partial charge in [0, 0.05) is 13.5 Å². The highest BCUT2D eigenvalue weighted by molar-refractivity contribution is 5.84. The average Bonchev–Trinajstić information content (AvgIpc) is 2.79. The average molecular weight is 211 g/mol. The van der Waals surface area contributed by atoms with Crippen LogP contribution in [-0.2, 0) is 9.53 Å². The Morgan fingerprint density at radius 1 is 1.47 bits per heavy atom. The van der Waals surface area contributed by atoms with Crippen LogP contribution in [0.5, 0.6) is 0 Å². The lowest BCUT2D eigenvalue weighted by Gasteiger charge is -2.22. The second-order valence-corrected chi connectivity index (χ2v) is 5.17. The van der Waals surface area contributed by atoms with Gasteiger partial charge >= 0.3 is 0 Å². The maximum absolute atomic E-state index is 11.8. The largest absolute Gasteiger partial charge is 0.383 e. The van der Waals surface area contributed by atoms with Crippen molar-refractivity contribution in [2.45, 2.75) is 38.1 Å². The summed E-state index contributed by atoms with van der Waals surface area (Å²) >= 11 is 0. The van der Waals surface area contributed by atoms with E-state index in [0.717, 1.165) is 11.8 Å². The van der Waals surface area contributed by atoms with Crippen LogP contribution in [0.2, 0.25) is 0 Å². The van der Waals surface area contributed by atoms with Crippen molar-refractivity contribution >= 4 is 5.78 Å². The van der Waals surface area contributed by atoms with E-state index in [1.165, 1.54) is 25.7 Å². The van der Waals surface area contributed by atoms with Crippen LogP contribution in [0.3, 0.4) is 0 Å². The Morgan fingerprint density at radius 3 is 2.80 bits per heavy atom. The van der Waals surface area contributed by atoms with Crippen LogP contribution in [-0.4, -0.2) is 25.5 Å². The maximum atomic E-state index is 11.8. The zero-order valence-corrected chi connectivity index (χ0v) is 9.45. The first-order valence-electron chi connectivity index (χ1n) is 5.98. The first-order chi connectivity index (χ1) is 7.20. The van der Waals surface area contributed by atoms with E-state index < -0.39 is 6.04 Å². The lowest BCUT2D eigenvalue weighted by molar-refractivity contribution is -0.122. The zero-order valence-electron chi connectivity index (χ0n) is 9.45. The molecular formula is C12H21NO2. The van der Waals surface area contributed by atoms with Crippen LogP contribution in [0.1, 0.15) is 32.1 Å². The number of carbonyl (C=O) groups is 1. The Balaban J connectivity index is 1.79. The molecule has 0 spiro atoms. The summed E-state index contributed by atoms with van der Waals surface area (Å²) in [6, 6.07) is -0.408. The lowest BCUT2D eigenvalue weighted by atomic mass is 9.84. The second-order valence-electron chi connectivity index (χ2n) is 5.17. The molecule has 0 aromatic rings. The summed E-state index contributed by atoms with van der Waals surface area (Å²) in [4.78, 5) is 11.8. The van der Waals surface area contributed by atoms with Crippen molar-refractivity contribution in [3.05, 3.63) is 0 Å². The van der Waals surface area contributed by atoms with Crippen molar-refractivity contribution in [2.75, 3.05) is 13.7 Å². The van der Waals surface area contributed by atoms with Crippen LogP contribution in [0.4, 0.5) is 0 Å². The quantitative estimate of drug-likeness (QED) is 0.747. The van der Waals surface area contributed by atoms with Gasteiger partial charge in [-0.15, -0.1) is 0 Å². The van der Waals surface area contributed by atoms with Gasteiger partial charge in [-0.3, -0.25) is 4.79 Å². The Morgan fingerprint density at radius 2 is 2.27 bits per heavy atom. The third-order valence-corrected chi connectivity index (χ3v) is 4.11. The van der Waals surface area contributed by atoms with Crippen molar-refractivity contribution in [1.82, 2.24) is 0 Å². The molecule has 86 valence electrons. The van der Waals surface area contributed by atoms with E-state index in [2.05, 4.69) is 0 Å². The normalized spacial score (nSPS) is 35.7. The van der Waals surface area contributed by atoms with Crippen LogP contribution < -0.4 is 5.73 Å². The minimum Gasteiger partial charge on any atom is -0.383 e. The molecule has 2 bridgehead atoms. The molecule has 15 heavy (non-hydrogen) atoms. The molecule has 0 heterocycles. The zero-order chi connectivity index (χ0) is 10.8. The van der Waals surface area contributed by atoms with Crippen molar-refractivity contribution in [3.63, 3.8) is 0 Å². The fraction of sp³-hybridized carbons (Fsp3) is 0.917. The van der Waals surface area contributed by atoms with E-state index in [0.29, 0.717) is 18.9 Å². The van der Waals surface area contributed by atoms with Crippen LogP contribution in [0.25, 0.3) is 0 Å². The summed E-state index contributed by atoms with van der Waals surface area (Å²) < 4.78 is 4.91. The SMILES string of the molecule is COCC(N)C(=O)CC1CC2CCC1C2. The van der Waals surface area contributed by atoms with E-state index in [1.54, 1.807) is 7.11 Å². The molecule has 0 amide bonds. The molecule has 4 unspecified atom stereocenters. The Kier molecular flexibility index (Phi) is 3.42. The van der Waals surface area contributed by atoms with E-state index in [1.807, 2.05) is 0 Å². The second kappa shape index (κ2) is 4.62. The van der Waals surface area contributed by atoms with E-state index in [-0.39, 0.29) is 5.78 Å². The number of nitrogens with two attached hydrogens (primary N) is 1. The molecule has 3 nitrogen and oxygen atoms in total. The molecule has 2 rings (SSSR count). The number of rotatable bonds is 5. The van der Waals surface area contributed by atoms with Crippen molar-refractivity contribution in [3.8, 4) is 0 Å². The number of methoxy groups -OCH3 is 1. The third kappa shape index (κ3) is 2.40. The number of carbonyl (C=O) groups excluding carboxylic acids is 1. The lowest BCUT2D eigenvalue weighted by Crippen LogP contribution is -2.36. The molecule has 2 saturated carbocycles. The van der Waals surface area contributed by atoms with Crippen LogP contribution in [0, 0.1) is 17.8 Å². The van der Waals surface area contributed by atoms with Gasteiger partial charge in [0.1, 0.15) is 0 Å². The molecular weight excluding hydrogens is 190 g/mol. The minimum atomic E-state index is -0.408. The first-order valence-corrected chi connectivity index (χ1v) is 5.98. The highest BCUT2D eigenvalue weighted by Gasteiger charge is 2.40. The van der Waals surface area contributed by atoms with Gasteiger partial charge in [-0.1, -0.05) is 6.42 Å². The van der Waals surface area contributed by atoms with Crippen molar-refractivity contribution in [2.24, 2.45) is 23.5 Å². The van der Waals surface area contributed by atoms with Gasteiger partial charge in [0.05, 0.1) is 12.6 Å². The smallest absolute Gasteiger partial charge is 0.152 e. The summed E-state index contributed by atoms with van der Waals surface area (Å²) in [7, 11) is 1.59. The number of fused-ring (bicyclic) bond motifs is 2. The Hall–Kier alpha value is -0.410. The number of hydrogen-bond acceptors (Lipinski definition) is 3. The van der Waals surface area contributed by atoms with Gasteiger partial charge in [0.25, 0.3) is 0 Å². The monoisotopic (exact) mass is 211 g/mol. The standard InChI is InChI=1S/C12H21NO2/c1-15-7-11(13)12(14)6-10-5-8-2-3-9(10)4-8/h8-11H,2-7,13H2,1H3. The van der Waals surface area contributed by atoms with Crippen LogP contribution in [0.15, 0.2) is 0 Å². The number of Topliss-reactive ketones (excluding diaryl/α,β-unsaturated/α-hetero) is 1. The predicted molar refractivity (Wildman–Crippen MR) is 58.4 cm³/mol. The number of hydrogen-bond donors (Lipinski definition) is 1. The molecule has 0 radical (unpaired) electrons. The fourth-order valence-electron chi connectivity index (χ4n) is 3.31. The van der Waals surface area contributed by atoms with Gasteiger partial charge in [0.2, 0.25) is 0 Å². The van der Waals surface area contributed by atoms with Gasteiger partial charge in [-0.2, -0.15) is 0 Å². The highest BCUT2D eigenvalue weighted by atomic mass is 16.5. The summed E-state index contributed by atoms with van der Waals surface area (Å²) in [5.41, 5.74) is 5.73. The summed E-state index contributed by atoms with van der Waals surface area (Å²) in [5, 5.41) is 0. The summed E-state index contributed by atoms with van der Waals surface area (Å²) in [6.45, 7) is 0.361. The molecule has 0 aromatic heterocycles. The molecule has 0 aliphatic heterocycles. The molecule has 4 atom stereocenters. The molecule has 0 saturated heterocycles. The third-order valence-electron chi connectivity index (χ3n) is 4.11. The van der Waals surface area contributed by atoms with E-state index in [4.69, 9.17) is 10.5 Å². The molecule has 3 heteroatoms. The van der Waals surface area contributed by atoms with Crippen LogP contribution >= 0.6 is 0 Å². The van der Waals surface area contributed by atoms with Crippen molar-refractivity contribution in [1.29, 1.82) is 0 Å². The van der Waals surface area contributed by atoms with Crippen molar-refractivity contribution < 1.29 is 9.53 Å². The molecule has 0 aromatic carbocycles. The highest BCUT2D eigenvalue weighted by Crippen LogP contribution is 2.49. The van der Waals surface area contributed by atoms with Gasteiger partial charge in [-0.05, 0) is 37.0 Å². The Labute approximate surface area is 91.4 Å². The predicted octanol–water partition coefficient (Wildman–Crippen LogP) is 1.36.